The summed E-state index contributed by atoms with van der Waals surface area (Å²) in [6, 6.07) is -0.350. The molecule has 1 N–H and O–H groups in total. The molecule has 1 amide bonds. The van der Waals surface area contributed by atoms with Crippen molar-refractivity contribution < 1.29 is 9.59 Å². The maximum atomic E-state index is 10.8. The van der Waals surface area contributed by atoms with Gasteiger partial charge in [-0.1, -0.05) is 0 Å². The number of hydrogen-bond donors (Lipinski definition) is 1. The summed E-state index contributed by atoms with van der Waals surface area (Å²) in [7, 11) is 3.35. The van der Waals surface area contributed by atoms with Crippen molar-refractivity contribution in [3.8, 4) is 0 Å². The van der Waals surface area contributed by atoms with Gasteiger partial charge in [-0.25, -0.2) is 0 Å². The van der Waals surface area contributed by atoms with Gasteiger partial charge < -0.3 is 15.0 Å². The SMILES string of the molecule is CNCC(C=O)N(C)C(C)=O. The molecule has 4 nitrogen and oxygen atoms in total. The molecule has 0 bridgehead atoms. The van der Waals surface area contributed by atoms with Crippen LogP contribution in [-0.4, -0.2) is 43.8 Å². The molecule has 0 aromatic heterocycles. The summed E-state index contributed by atoms with van der Waals surface area (Å²) in [4.78, 5) is 22.6. The molecule has 64 valence electrons. The van der Waals surface area contributed by atoms with E-state index in [4.69, 9.17) is 0 Å². The van der Waals surface area contributed by atoms with Gasteiger partial charge in [0.1, 0.15) is 6.29 Å². The molecule has 0 aliphatic carbocycles. The van der Waals surface area contributed by atoms with Crippen LogP contribution >= 0.6 is 0 Å². The van der Waals surface area contributed by atoms with Crippen molar-refractivity contribution in [2.75, 3.05) is 20.6 Å². The fourth-order valence-electron chi connectivity index (χ4n) is 0.719. The number of carbonyl (C=O) groups excluding carboxylic acids is 2. The number of carbonyl (C=O) groups is 2. The van der Waals surface area contributed by atoms with Crippen molar-refractivity contribution in [1.29, 1.82) is 0 Å². The lowest BCUT2D eigenvalue weighted by Crippen LogP contribution is -2.42. The van der Waals surface area contributed by atoms with Crippen LogP contribution in [0.2, 0.25) is 0 Å². The molecule has 0 saturated carbocycles. The van der Waals surface area contributed by atoms with Gasteiger partial charge in [-0.2, -0.15) is 0 Å². The maximum absolute atomic E-state index is 10.8. The first kappa shape index (κ1) is 10.1. The smallest absolute Gasteiger partial charge is 0.219 e. The van der Waals surface area contributed by atoms with E-state index in [2.05, 4.69) is 5.32 Å². The van der Waals surface area contributed by atoms with E-state index < -0.39 is 0 Å². The van der Waals surface area contributed by atoms with Gasteiger partial charge in [-0.3, -0.25) is 4.79 Å². The zero-order valence-corrected chi connectivity index (χ0v) is 7.13. The van der Waals surface area contributed by atoms with E-state index in [1.807, 2.05) is 0 Å². The molecule has 0 aromatic carbocycles. The van der Waals surface area contributed by atoms with Crippen molar-refractivity contribution in [2.24, 2.45) is 0 Å². The third kappa shape index (κ3) is 3.13. The van der Waals surface area contributed by atoms with Gasteiger partial charge in [0.2, 0.25) is 5.91 Å². The van der Waals surface area contributed by atoms with Crippen LogP contribution in [0.25, 0.3) is 0 Å². The van der Waals surface area contributed by atoms with Crippen LogP contribution in [-0.2, 0) is 9.59 Å². The summed E-state index contributed by atoms with van der Waals surface area (Å²) in [5.74, 6) is -0.0997. The first-order valence-electron chi connectivity index (χ1n) is 3.46. The van der Waals surface area contributed by atoms with Crippen LogP contribution in [0.4, 0.5) is 0 Å². The molecule has 0 aliphatic rings. The molecular weight excluding hydrogens is 144 g/mol. The Hall–Kier alpha value is -0.900. The Morgan fingerprint density at radius 2 is 2.27 bits per heavy atom. The number of amides is 1. The second-order valence-electron chi connectivity index (χ2n) is 2.39. The Kier molecular flexibility index (Phi) is 4.45. The topological polar surface area (TPSA) is 49.4 Å². The third-order valence-corrected chi connectivity index (χ3v) is 1.56. The number of rotatable bonds is 4. The summed E-state index contributed by atoms with van der Waals surface area (Å²) in [6.07, 6.45) is 0.762. The third-order valence-electron chi connectivity index (χ3n) is 1.56. The summed E-state index contributed by atoms with van der Waals surface area (Å²) in [6.45, 7) is 1.94. The molecule has 1 unspecified atom stereocenters. The van der Waals surface area contributed by atoms with Crippen LogP contribution in [0.1, 0.15) is 6.92 Å². The predicted molar refractivity (Wildman–Crippen MR) is 42.2 cm³/mol. The lowest BCUT2D eigenvalue weighted by atomic mass is 10.3. The average Bonchev–Trinajstić information content (AvgIpc) is 1.98. The van der Waals surface area contributed by atoms with Gasteiger partial charge >= 0.3 is 0 Å². The normalized spacial score (nSPS) is 12.3. The Morgan fingerprint density at radius 3 is 2.55 bits per heavy atom. The number of nitrogens with one attached hydrogen (secondary N) is 1. The average molecular weight is 158 g/mol. The minimum atomic E-state index is -0.350. The predicted octanol–water partition coefficient (Wildman–Crippen LogP) is -0.748. The highest BCUT2D eigenvalue weighted by Gasteiger charge is 2.14. The largest absolute Gasteiger partial charge is 0.335 e. The first-order chi connectivity index (χ1) is 5.13. The molecule has 0 aromatic rings. The van der Waals surface area contributed by atoms with E-state index in [0.717, 1.165) is 6.29 Å². The summed E-state index contributed by atoms with van der Waals surface area (Å²) in [5.41, 5.74) is 0. The summed E-state index contributed by atoms with van der Waals surface area (Å²) >= 11 is 0. The fraction of sp³-hybridized carbons (Fsp3) is 0.714. The zero-order chi connectivity index (χ0) is 8.85. The second-order valence-corrected chi connectivity index (χ2v) is 2.39. The van der Waals surface area contributed by atoms with E-state index in [1.165, 1.54) is 11.8 Å². The number of hydrogen-bond acceptors (Lipinski definition) is 3. The standard InChI is InChI=1S/C7H14N2O2/c1-6(11)9(3)7(5-10)4-8-2/h5,7-8H,4H2,1-3H3. The Morgan fingerprint density at radius 1 is 1.73 bits per heavy atom. The summed E-state index contributed by atoms with van der Waals surface area (Å²) < 4.78 is 0. The van der Waals surface area contributed by atoms with Gasteiger partial charge in [0.15, 0.2) is 0 Å². The Bertz CT molecular complexity index is 147. The van der Waals surface area contributed by atoms with E-state index in [-0.39, 0.29) is 11.9 Å². The second kappa shape index (κ2) is 4.85. The minimum Gasteiger partial charge on any atom is -0.335 e. The number of nitrogens with zero attached hydrogens (tertiary/aromatic N) is 1. The van der Waals surface area contributed by atoms with Crippen LogP contribution in [0.3, 0.4) is 0 Å². The van der Waals surface area contributed by atoms with Gasteiger partial charge in [-0.05, 0) is 7.05 Å². The van der Waals surface area contributed by atoms with Crippen LogP contribution < -0.4 is 5.32 Å². The highest BCUT2D eigenvalue weighted by Crippen LogP contribution is 1.91. The van der Waals surface area contributed by atoms with Crippen LogP contribution in [0.15, 0.2) is 0 Å². The van der Waals surface area contributed by atoms with E-state index in [9.17, 15) is 9.59 Å². The molecule has 1 atom stereocenters. The molecule has 0 rings (SSSR count). The zero-order valence-electron chi connectivity index (χ0n) is 7.13. The van der Waals surface area contributed by atoms with Gasteiger partial charge in [-0.15, -0.1) is 0 Å². The highest BCUT2D eigenvalue weighted by molar-refractivity contribution is 5.77. The van der Waals surface area contributed by atoms with Gasteiger partial charge in [0.25, 0.3) is 0 Å². The molecule has 0 heterocycles. The Balaban J connectivity index is 4.01. The maximum Gasteiger partial charge on any atom is 0.219 e. The molecule has 0 saturated heterocycles. The number of likely N-dealkylation sites (N-methyl/N-ethyl adjacent to an activating group) is 2. The molecule has 0 aliphatic heterocycles. The lowest BCUT2D eigenvalue weighted by Gasteiger charge is -2.21. The van der Waals surface area contributed by atoms with Crippen LogP contribution in [0, 0.1) is 0 Å². The molecule has 0 spiro atoms. The summed E-state index contributed by atoms with van der Waals surface area (Å²) in [5, 5.41) is 2.83. The first-order valence-corrected chi connectivity index (χ1v) is 3.46. The van der Waals surface area contributed by atoms with Gasteiger partial charge in [0, 0.05) is 20.5 Å². The molecule has 11 heavy (non-hydrogen) atoms. The highest BCUT2D eigenvalue weighted by atomic mass is 16.2. The molecule has 0 fully saturated rings. The van der Waals surface area contributed by atoms with Crippen molar-refractivity contribution in [2.45, 2.75) is 13.0 Å². The number of aldehydes is 1. The van der Waals surface area contributed by atoms with E-state index in [0.29, 0.717) is 6.54 Å². The Labute approximate surface area is 66.6 Å². The lowest BCUT2D eigenvalue weighted by molar-refractivity contribution is -0.132. The van der Waals surface area contributed by atoms with E-state index >= 15 is 0 Å². The van der Waals surface area contributed by atoms with E-state index in [1.54, 1.807) is 14.1 Å². The van der Waals surface area contributed by atoms with Crippen molar-refractivity contribution in [3.05, 3.63) is 0 Å². The molecule has 0 radical (unpaired) electrons. The molecule has 4 heteroatoms. The quantitative estimate of drug-likeness (QED) is 0.548. The monoisotopic (exact) mass is 158 g/mol. The van der Waals surface area contributed by atoms with Gasteiger partial charge in [0.05, 0.1) is 6.04 Å². The van der Waals surface area contributed by atoms with Crippen LogP contribution in [0.5, 0.6) is 0 Å². The minimum absolute atomic E-state index is 0.0997. The fourth-order valence-corrected chi connectivity index (χ4v) is 0.719. The van der Waals surface area contributed by atoms with Crippen molar-refractivity contribution in [3.63, 3.8) is 0 Å². The van der Waals surface area contributed by atoms with Crippen molar-refractivity contribution >= 4 is 12.2 Å². The molecular formula is C7H14N2O2. The van der Waals surface area contributed by atoms with Crippen molar-refractivity contribution in [1.82, 2.24) is 10.2 Å².